The van der Waals surface area contributed by atoms with Crippen molar-refractivity contribution in [3.05, 3.63) is 65.4 Å². The van der Waals surface area contributed by atoms with Gasteiger partial charge in [0.1, 0.15) is 0 Å². The summed E-state index contributed by atoms with van der Waals surface area (Å²) in [5.41, 5.74) is 7.28. The number of nitrogens with zero attached hydrogens (tertiary/aromatic N) is 1. The Kier molecular flexibility index (Phi) is 6.17. The molecule has 0 fully saturated rings. The Labute approximate surface area is 123 Å². The van der Waals surface area contributed by atoms with Gasteiger partial charge in [0.25, 0.3) is 0 Å². The van der Waals surface area contributed by atoms with E-state index in [2.05, 4.69) is 50.2 Å². The van der Waals surface area contributed by atoms with Gasteiger partial charge in [-0.05, 0) is 68.4 Å². The van der Waals surface area contributed by atoms with Crippen molar-refractivity contribution < 1.29 is 0 Å². The highest BCUT2D eigenvalue weighted by molar-refractivity contribution is 6.10. The van der Waals surface area contributed by atoms with E-state index in [1.807, 2.05) is 26.1 Å². The van der Waals surface area contributed by atoms with E-state index < -0.39 is 0 Å². The molecule has 0 unspecified atom stereocenters. The molecule has 0 spiro atoms. The highest BCUT2D eigenvalue weighted by Gasteiger charge is 2.06. The highest BCUT2D eigenvalue weighted by atomic mass is 14.7. The van der Waals surface area contributed by atoms with E-state index in [-0.39, 0.29) is 0 Å². The maximum Gasteiger partial charge on any atom is 0.0345 e. The highest BCUT2D eigenvalue weighted by Crippen LogP contribution is 2.23. The van der Waals surface area contributed by atoms with Crippen LogP contribution in [0.2, 0.25) is 0 Å². The first kappa shape index (κ1) is 16.2. The first-order valence-corrected chi connectivity index (χ1v) is 7.06. The average molecular weight is 267 g/mol. The summed E-state index contributed by atoms with van der Waals surface area (Å²) in [5, 5.41) is 0. The molecular weight excluding hydrogens is 242 g/mol. The van der Waals surface area contributed by atoms with Crippen LogP contribution in [0.15, 0.2) is 48.1 Å². The van der Waals surface area contributed by atoms with Crippen LogP contribution in [0.1, 0.15) is 42.5 Å². The van der Waals surface area contributed by atoms with Crippen molar-refractivity contribution in [1.29, 1.82) is 0 Å². The fourth-order valence-electron chi connectivity index (χ4n) is 2.30. The molecule has 0 aromatic heterocycles. The normalized spacial score (nSPS) is 11.9. The van der Waals surface area contributed by atoms with Crippen molar-refractivity contribution in [3.8, 4) is 0 Å². The van der Waals surface area contributed by atoms with Gasteiger partial charge in [-0.25, -0.2) is 0 Å². The van der Waals surface area contributed by atoms with E-state index in [4.69, 9.17) is 0 Å². The van der Waals surface area contributed by atoms with Crippen LogP contribution >= 0.6 is 0 Å². The van der Waals surface area contributed by atoms with Crippen molar-refractivity contribution in [3.63, 3.8) is 0 Å². The third-order valence-electron chi connectivity index (χ3n) is 3.36. The van der Waals surface area contributed by atoms with E-state index in [9.17, 15) is 0 Å². The number of aryl methyl sites for hydroxylation is 2. The zero-order chi connectivity index (χ0) is 15.1. The van der Waals surface area contributed by atoms with Gasteiger partial charge >= 0.3 is 0 Å². The average Bonchev–Trinajstić information content (AvgIpc) is 2.38. The first-order chi connectivity index (χ1) is 9.49. The molecule has 1 aromatic rings. The number of allylic oxidation sites excluding steroid dienone is 4. The van der Waals surface area contributed by atoms with Gasteiger partial charge in [-0.3, -0.25) is 4.99 Å². The molecule has 0 atom stereocenters. The van der Waals surface area contributed by atoms with Gasteiger partial charge in [-0.1, -0.05) is 30.9 Å². The number of hydrogen-bond donors (Lipinski definition) is 0. The number of aliphatic imine (C=N–C) groups is 1. The molecule has 0 aliphatic rings. The minimum absolute atomic E-state index is 0.820. The molecule has 1 nitrogen and oxygen atoms in total. The lowest BCUT2D eigenvalue weighted by molar-refractivity contribution is 0.973. The van der Waals surface area contributed by atoms with Crippen LogP contribution in [0.25, 0.3) is 5.57 Å². The summed E-state index contributed by atoms with van der Waals surface area (Å²) in [6, 6.07) is 4.48. The summed E-state index contributed by atoms with van der Waals surface area (Å²) in [5.74, 6) is 0. The van der Waals surface area contributed by atoms with E-state index in [0.717, 1.165) is 24.1 Å². The zero-order valence-corrected chi connectivity index (χ0v) is 13.2. The second kappa shape index (κ2) is 7.64. The molecule has 106 valence electrons. The minimum Gasteiger partial charge on any atom is -0.262 e. The molecule has 0 radical (unpaired) electrons. The van der Waals surface area contributed by atoms with Crippen LogP contribution in [0, 0.1) is 13.8 Å². The van der Waals surface area contributed by atoms with Gasteiger partial charge < -0.3 is 0 Å². The summed E-state index contributed by atoms with van der Waals surface area (Å²) >= 11 is 0. The molecule has 0 aliphatic carbocycles. The van der Waals surface area contributed by atoms with E-state index in [1.54, 1.807) is 0 Å². The van der Waals surface area contributed by atoms with Gasteiger partial charge in [0, 0.05) is 11.9 Å². The molecular formula is C19H25N. The fourth-order valence-corrected chi connectivity index (χ4v) is 2.30. The Hall–Kier alpha value is -1.89. The topological polar surface area (TPSA) is 12.4 Å². The molecule has 1 rings (SSSR count). The smallest absolute Gasteiger partial charge is 0.0345 e. The van der Waals surface area contributed by atoms with Gasteiger partial charge in [0.05, 0.1) is 0 Å². The summed E-state index contributed by atoms with van der Waals surface area (Å²) in [7, 11) is 0. The second-order valence-electron chi connectivity index (χ2n) is 5.15. The molecule has 0 saturated heterocycles. The van der Waals surface area contributed by atoms with Crippen LogP contribution < -0.4 is 0 Å². The number of hydrogen-bond acceptors (Lipinski definition) is 1. The van der Waals surface area contributed by atoms with Crippen LogP contribution in [0.4, 0.5) is 0 Å². The van der Waals surface area contributed by atoms with Crippen molar-refractivity contribution in [2.45, 2.75) is 40.5 Å². The zero-order valence-electron chi connectivity index (χ0n) is 13.2. The monoisotopic (exact) mass is 267 g/mol. The lowest BCUT2D eigenvalue weighted by Gasteiger charge is -2.12. The number of rotatable bonds is 6. The SMILES string of the molecule is C=CCCc1c(C)cc(/C(C=NC(=C)C)=C/C)cc1C. The third kappa shape index (κ3) is 4.34. The van der Waals surface area contributed by atoms with Crippen molar-refractivity contribution in [2.75, 3.05) is 0 Å². The Bertz CT molecular complexity index is 536. The molecule has 1 aromatic carbocycles. The second-order valence-corrected chi connectivity index (χ2v) is 5.15. The molecule has 0 saturated carbocycles. The maximum absolute atomic E-state index is 4.30. The third-order valence-corrected chi connectivity index (χ3v) is 3.36. The van der Waals surface area contributed by atoms with Gasteiger partial charge in [0.15, 0.2) is 0 Å². The van der Waals surface area contributed by atoms with Crippen molar-refractivity contribution in [1.82, 2.24) is 0 Å². The van der Waals surface area contributed by atoms with Crippen LogP contribution in [0.5, 0.6) is 0 Å². The maximum atomic E-state index is 4.30. The van der Waals surface area contributed by atoms with Gasteiger partial charge in [0.2, 0.25) is 0 Å². The van der Waals surface area contributed by atoms with Crippen molar-refractivity contribution >= 4 is 11.8 Å². The minimum atomic E-state index is 0.820. The predicted molar refractivity (Wildman–Crippen MR) is 91.4 cm³/mol. The quantitative estimate of drug-likeness (QED) is 0.481. The lowest BCUT2D eigenvalue weighted by atomic mass is 9.93. The summed E-state index contributed by atoms with van der Waals surface area (Å²) < 4.78 is 0. The summed E-state index contributed by atoms with van der Waals surface area (Å²) in [4.78, 5) is 4.30. The Morgan fingerprint density at radius 1 is 1.25 bits per heavy atom. The molecule has 0 N–H and O–H groups in total. The molecule has 0 bridgehead atoms. The Balaban J connectivity index is 3.14. The molecule has 20 heavy (non-hydrogen) atoms. The van der Waals surface area contributed by atoms with E-state index in [1.165, 1.54) is 22.3 Å². The van der Waals surface area contributed by atoms with Crippen LogP contribution in [-0.2, 0) is 6.42 Å². The molecule has 0 aliphatic heterocycles. The summed E-state index contributed by atoms with van der Waals surface area (Å²) in [6.45, 7) is 15.9. The number of benzene rings is 1. The Morgan fingerprint density at radius 3 is 2.30 bits per heavy atom. The summed E-state index contributed by atoms with van der Waals surface area (Å²) in [6.07, 6.45) is 8.04. The Morgan fingerprint density at radius 2 is 1.85 bits per heavy atom. The lowest BCUT2D eigenvalue weighted by Crippen LogP contribution is -1.97. The fraction of sp³-hybridized carbons (Fsp3) is 0.316. The van der Waals surface area contributed by atoms with Crippen molar-refractivity contribution in [2.24, 2.45) is 4.99 Å². The van der Waals surface area contributed by atoms with E-state index >= 15 is 0 Å². The predicted octanol–water partition coefficient (Wildman–Crippen LogP) is 5.43. The van der Waals surface area contributed by atoms with Crippen LogP contribution in [0.3, 0.4) is 0 Å². The van der Waals surface area contributed by atoms with Gasteiger partial charge in [-0.15, -0.1) is 6.58 Å². The first-order valence-electron chi connectivity index (χ1n) is 7.06. The standard InChI is InChI=1S/C19H25N/c1-7-9-10-19-15(5)11-18(12-16(19)6)17(8-2)13-20-14(3)4/h7-8,11-13H,1,3,9-10H2,2,4-6H3/b17-8+,20-13?. The molecule has 0 amide bonds. The van der Waals surface area contributed by atoms with Gasteiger partial charge in [-0.2, -0.15) is 0 Å². The molecule has 0 heterocycles. The van der Waals surface area contributed by atoms with E-state index in [0.29, 0.717) is 0 Å². The largest absolute Gasteiger partial charge is 0.262 e. The van der Waals surface area contributed by atoms with Crippen LogP contribution in [-0.4, -0.2) is 6.21 Å². The molecule has 1 heteroatoms.